The molecule has 0 fully saturated rings. The number of rotatable bonds is 5. The normalized spacial score (nSPS) is 10.8. The van der Waals surface area contributed by atoms with Crippen LogP contribution in [0.2, 0.25) is 0 Å². The van der Waals surface area contributed by atoms with Gasteiger partial charge in [0.25, 0.3) is 5.69 Å². The van der Waals surface area contributed by atoms with Gasteiger partial charge in [-0.25, -0.2) is 8.42 Å². The molecule has 22 heavy (non-hydrogen) atoms. The summed E-state index contributed by atoms with van der Waals surface area (Å²) in [5.74, 6) is -0.1000. The Hall–Kier alpha value is -1.99. The third kappa shape index (κ3) is 4.25. The van der Waals surface area contributed by atoms with E-state index < -0.39 is 14.8 Å². The number of sulfone groups is 1. The van der Waals surface area contributed by atoms with E-state index in [-0.39, 0.29) is 28.7 Å². The van der Waals surface area contributed by atoms with Crippen LogP contribution in [0.1, 0.15) is 11.1 Å². The third-order valence-corrected chi connectivity index (χ3v) is 4.86. The lowest BCUT2D eigenvalue weighted by Crippen LogP contribution is -2.10. The molecule has 8 heteroatoms. The summed E-state index contributed by atoms with van der Waals surface area (Å²) in [5.41, 5.74) is 1.11. The van der Waals surface area contributed by atoms with Crippen LogP contribution in [-0.2, 0) is 16.3 Å². The zero-order chi connectivity index (χ0) is 15.5. The van der Waals surface area contributed by atoms with Crippen molar-refractivity contribution >= 4 is 27.9 Å². The summed E-state index contributed by atoms with van der Waals surface area (Å²) in [6.45, 7) is 1.57. The second-order valence-electron chi connectivity index (χ2n) is 4.63. The Kier molecular flexibility index (Phi) is 6.01. The van der Waals surface area contributed by atoms with Gasteiger partial charge in [-0.15, -0.1) is 12.4 Å². The second-order valence-corrected chi connectivity index (χ2v) is 6.74. The van der Waals surface area contributed by atoms with E-state index in [0.717, 1.165) is 11.6 Å². The molecular formula is C14H15ClN2O4S. The van der Waals surface area contributed by atoms with Crippen LogP contribution in [0.5, 0.6) is 0 Å². The maximum Gasteiger partial charge on any atom is 0.273 e. The summed E-state index contributed by atoms with van der Waals surface area (Å²) in [5, 5.41) is 10.9. The number of nitro benzene ring substituents is 1. The first-order valence-electron chi connectivity index (χ1n) is 6.27. The minimum Gasteiger partial charge on any atom is -0.265 e. The van der Waals surface area contributed by atoms with E-state index in [1.54, 1.807) is 31.5 Å². The maximum atomic E-state index is 12.3. The predicted octanol–water partition coefficient (Wildman–Crippen LogP) is 2.74. The number of aromatic nitrogens is 1. The number of benzene rings is 1. The Morgan fingerprint density at radius 1 is 1.18 bits per heavy atom. The summed E-state index contributed by atoms with van der Waals surface area (Å²) in [6, 6.07) is 7.47. The van der Waals surface area contributed by atoms with Crippen LogP contribution in [0.3, 0.4) is 0 Å². The summed E-state index contributed by atoms with van der Waals surface area (Å²) in [6.07, 6.45) is 3.53. The molecule has 0 saturated carbocycles. The molecule has 2 rings (SSSR count). The third-order valence-electron chi connectivity index (χ3n) is 3.15. The van der Waals surface area contributed by atoms with E-state index in [2.05, 4.69) is 4.98 Å². The highest BCUT2D eigenvalue weighted by molar-refractivity contribution is 7.91. The molecule has 0 spiro atoms. The van der Waals surface area contributed by atoms with Crippen LogP contribution in [0.25, 0.3) is 0 Å². The lowest BCUT2D eigenvalue weighted by molar-refractivity contribution is -0.385. The lowest BCUT2D eigenvalue weighted by atomic mass is 10.2. The van der Waals surface area contributed by atoms with Gasteiger partial charge in [0.15, 0.2) is 9.84 Å². The topological polar surface area (TPSA) is 90.2 Å². The van der Waals surface area contributed by atoms with Crippen molar-refractivity contribution in [3.05, 3.63) is 64.0 Å². The largest absolute Gasteiger partial charge is 0.273 e. The first kappa shape index (κ1) is 18.1. The molecule has 0 aliphatic rings. The first-order chi connectivity index (χ1) is 9.90. The van der Waals surface area contributed by atoms with Gasteiger partial charge in [0.2, 0.25) is 0 Å². The average Bonchev–Trinajstić information content (AvgIpc) is 2.46. The average molecular weight is 343 g/mol. The number of nitro groups is 1. The van der Waals surface area contributed by atoms with Crippen molar-refractivity contribution in [3.63, 3.8) is 0 Å². The molecule has 0 radical (unpaired) electrons. The predicted molar refractivity (Wildman–Crippen MR) is 85.1 cm³/mol. The van der Waals surface area contributed by atoms with Crippen molar-refractivity contribution in [1.29, 1.82) is 0 Å². The van der Waals surface area contributed by atoms with Crippen LogP contribution >= 0.6 is 12.4 Å². The van der Waals surface area contributed by atoms with E-state index >= 15 is 0 Å². The molecule has 0 aliphatic heterocycles. The van der Waals surface area contributed by atoms with Gasteiger partial charge in [0.05, 0.1) is 15.6 Å². The Bertz CT molecular complexity index is 764. The molecule has 1 heterocycles. The molecule has 0 atom stereocenters. The summed E-state index contributed by atoms with van der Waals surface area (Å²) in [7, 11) is -3.56. The molecule has 0 aliphatic carbocycles. The smallest absolute Gasteiger partial charge is 0.265 e. The van der Waals surface area contributed by atoms with Gasteiger partial charge in [-0.3, -0.25) is 15.1 Å². The van der Waals surface area contributed by atoms with Crippen LogP contribution in [-0.4, -0.2) is 24.1 Å². The van der Waals surface area contributed by atoms with E-state index in [1.165, 1.54) is 12.1 Å². The van der Waals surface area contributed by atoms with Crippen LogP contribution in [0, 0.1) is 17.0 Å². The van der Waals surface area contributed by atoms with Crippen LogP contribution in [0.15, 0.2) is 47.6 Å². The summed E-state index contributed by atoms with van der Waals surface area (Å²) in [4.78, 5) is 14.2. The number of hydrogen-bond acceptors (Lipinski definition) is 5. The molecule has 0 N–H and O–H groups in total. The van der Waals surface area contributed by atoms with E-state index in [4.69, 9.17) is 0 Å². The molecule has 118 valence electrons. The molecule has 1 aromatic heterocycles. The zero-order valence-corrected chi connectivity index (χ0v) is 13.4. The van der Waals surface area contributed by atoms with Gasteiger partial charge in [-0.2, -0.15) is 0 Å². The molecule has 6 nitrogen and oxygen atoms in total. The molecule has 0 unspecified atom stereocenters. The van der Waals surface area contributed by atoms with E-state index in [9.17, 15) is 18.5 Å². The number of aryl methyl sites for hydroxylation is 2. The van der Waals surface area contributed by atoms with Crippen molar-refractivity contribution in [2.45, 2.75) is 18.2 Å². The highest BCUT2D eigenvalue weighted by atomic mass is 35.5. The highest BCUT2D eigenvalue weighted by Crippen LogP contribution is 2.23. The minimum atomic E-state index is -3.56. The van der Waals surface area contributed by atoms with Gasteiger partial charge in [0, 0.05) is 24.0 Å². The Balaban J connectivity index is 0.00000242. The van der Waals surface area contributed by atoms with Gasteiger partial charge < -0.3 is 0 Å². The standard InChI is InChI=1S/C14H14N2O4S.ClH/c1-11-2-3-13(10-14(11)16(17)18)21(19,20)9-6-12-4-7-15-8-5-12;/h2-5,7-8,10H,6,9H2,1H3;1H. The van der Waals surface area contributed by atoms with Crippen molar-refractivity contribution in [3.8, 4) is 0 Å². The number of halogens is 1. The van der Waals surface area contributed by atoms with Gasteiger partial charge in [-0.1, -0.05) is 6.07 Å². The summed E-state index contributed by atoms with van der Waals surface area (Å²) < 4.78 is 24.5. The maximum absolute atomic E-state index is 12.3. The van der Waals surface area contributed by atoms with Crippen LogP contribution in [0.4, 0.5) is 5.69 Å². The van der Waals surface area contributed by atoms with Crippen molar-refractivity contribution in [2.75, 3.05) is 5.75 Å². The Labute approximate surface area is 134 Å². The fourth-order valence-electron chi connectivity index (χ4n) is 1.90. The molecule has 1 aromatic carbocycles. The van der Waals surface area contributed by atoms with Crippen molar-refractivity contribution < 1.29 is 13.3 Å². The van der Waals surface area contributed by atoms with Crippen molar-refractivity contribution in [2.24, 2.45) is 0 Å². The molecule has 0 bridgehead atoms. The second kappa shape index (κ2) is 7.33. The molecule has 0 saturated heterocycles. The Morgan fingerprint density at radius 3 is 2.41 bits per heavy atom. The van der Waals surface area contributed by atoms with Crippen LogP contribution < -0.4 is 0 Å². The summed E-state index contributed by atoms with van der Waals surface area (Å²) >= 11 is 0. The highest BCUT2D eigenvalue weighted by Gasteiger charge is 2.19. The van der Waals surface area contributed by atoms with Crippen molar-refractivity contribution in [1.82, 2.24) is 4.98 Å². The number of hydrogen-bond donors (Lipinski definition) is 0. The van der Waals surface area contributed by atoms with Gasteiger partial charge >= 0.3 is 0 Å². The SMILES string of the molecule is Cc1ccc(S(=O)(=O)CCc2ccncc2)cc1[N+](=O)[O-].Cl. The van der Waals surface area contributed by atoms with Gasteiger partial charge in [-0.05, 0) is 37.1 Å². The zero-order valence-electron chi connectivity index (χ0n) is 11.8. The Morgan fingerprint density at radius 2 is 1.82 bits per heavy atom. The van der Waals surface area contributed by atoms with E-state index in [1.807, 2.05) is 0 Å². The molecule has 2 aromatic rings. The quantitative estimate of drug-likeness (QED) is 0.615. The number of nitrogens with zero attached hydrogens (tertiary/aromatic N) is 2. The lowest BCUT2D eigenvalue weighted by Gasteiger charge is -2.06. The molecular weight excluding hydrogens is 328 g/mol. The fraction of sp³-hybridized carbons (Fsp3) is 0.214. The fourth-order valence-corrected chi connectivity index (χ4v) is 3.21. The number of pyridine rings is 1. The first-order valence-corrected chi connectivity index (χ1v) is 7.92. The molecule has 0 amide bonds. The minimum absolute atomic E-state index is 0. The monoisotopic (exact) mass is 342 g/mol. The van der Waals surface area contributed by atoms with E-state index in [0.29, 0.717) is 12.0 Å². The van der Waals surface area contributed by atoms with Gasteiger partial charge in [0.1, 0.15) is 0 Å².